The van der Waals surface area contributed by atoms with Crippen molar-refractivity contribution >= 4 is 35.1 Å². The van der Waals surface area contributed by atoms with E-state index in [4.69, 9.17) is 27.9 Å². The van der Waals surface area contributed by atoms with Crippen molar-refractivity contribution in [3.05, 3.63) is 63.4 Å². The van der Waals surface area contributed by atoms with Gasteiger partial charge in [-0.05, 0) is 69.5 Å². The molecule has 1 unspecified atom stereocenters. The Labute approximate surface area is 192 Å². The molecule has 0 spiro atoms. The first-order chi connectivity index (χ1) is 14.9. The average molecular weight is 464 g/mol. The molecule has 1 N–H and O–H groups in total. The Kier molecular flexibility index (Phi) is 8.29. The summed E-state index contributed by atoms with van der Waals surface area (Å²) < 4.78 is 5.02. The summed E-state index contributed by atoms with van der Waals surface area (Å²) >= 11 is 12.0. The van der Waals surface area contributed by atoms with Gasteiger partial charge in [-0.3, -0.25) is 4.79 Å². The Morgan fingerprint density at radius 2 is 1.94 bits per heavy atom. The zero-order valence-electron chi connectivity index (χ0n) is 17.7. The van der Waals surface area contributed by atoms with E-state index in [2.05, 4.69) is 10.3 Å². The number of piperidine rings is 1. The minimum atomic E-state index is -0.407. The van der Waals surface area contributed by atoms with Gasteiger partial charge in [0.2, 0.25) is 0 Å². The molecule has 0 saturated carbocycles. The number of nitrogens with one attached hydrogen (secondary N) is 1. The highest BCUT2D eigenvalue weighted by molar-refractivity contribution is 6.42. The molecule has 2 aromatic rings. The van der Waals surface area contributed by atoms with Gasteiger partial charge in [0.1, 0.15) is 5.69 Å². The molecule has 1 saturated heterocycles. The molecule has 3 rings (SSSR count). The van der Waals surface area contributed by atoms with Gasteiger partial charge in [0.25, 0.3) is 5.91 Å². The minimum Gasteiger partial charge on any atom is -0.461 e. The van der Waals surface area contributed by atoms with E-state index >= 15 is 0 Å². The van der Waals surface area contributed by atoms with E-state index < -0.39 is 5.97 Å². The summed E-state index contributed by atoms with van der Waals surface area (Å²) in [6.45, 7) is 6.36. The fourth-order valence-corrected chi connectivity index (χ4v) is 3.91. The maximum Gasteiger partial charge on any atom is 0.356 e. The van der Waals surface area contributed by atoms with Gasteiger partial charge < -0.3 is 15.0 Å². The summed E-state index contributed by atoms with van der Waals surface area (Å²) in [6, 6.07) is 10.4. The molecule has 1 fully saturated rings. The predicted octanol–water partition coefficient (Wildman–Crippen LogP) is 4.77. The molecule has 0 radical (unpaired) electrons. The highest BCUT2D eigenvalue weighted by Gasteiger charge is 2.24. The number of amides is 1. The van der Waals surface area contributed by atoms with Gasteiger partial charge in [0.15, 0.2) is 0 Å². The van der Waals surface area contributed by atoms with Crippen molar-refractivity contribution in [2.75, 3.05) is 26.2 Å². The van der Waals surface area contributed by atoms with Crippen LogP contribution in [0.25, 0.3) is 0 Å². The number of likely N-dealkylation sites (tertiary alicyclic amines) is 1. The number of hydrogen-bond acceptors (Lipinski definition) is 5. The summed E-state index contributed by atoms with van der Waals surface area (Å²) in [6.07, 6.45) is 1.84. The molecule has 8 heteroatoms. The Bertz CT molecular complexity index is 930. The van der Waals surface area contributed by atoms with Crippen molar-refractivity contribution in [2.24, 2.45) is 5.92 Å². The quantitative estimate of drug-likeness (QED) is 0.598. The smallest absolute Gasteiger partial charge is 0.356 e. The van der Waals surface area contributed by atoms with Gasteiger partial charge in [0.05, 0.1) is 22.3 Å². The number of carbonyl (C=O) groups is 2. The molecule has 1 aromatic carbocycles. The summed E-state index contributed by atoms with van der Waals surface area (Å²) in [4.78, 5) is 30.9. The third-order valence-electron chi connectivity index (χ3n) is 5.48. The maximum atomic E-state index is 12.7. The molecule has 1 amide bonds. The topological polar surface area (TPSA) is 71.5 Å². The fraction of sp³-hybridized carbons (Fsp3) is 0.435. The van der Waals surface area contributed by atoms with Gasteiger partial charge >= 0.3 is 5.97 Å². The lowest BCUT2D eigenvalue weighted by Gasteiger charge is -2.32. The van der Waals surface area contributed by atoms with Crippen molar-refractivity contribution in [3.8, 4) is 0 Å². The number of nitrogens with zero attached hydrogens (tertiary/aromatic N) is 2. The SMILES string of the molecule is CCOC(=O)c1cccc(C(C)NCC2CCN(C(=O)c3ccc(Cl)c(Cl)c3)CC2)n1. The average Bonchev–Trinajstić information content (AvgIpc) is 2.79. The number of carbonyl (C=O) groups excluding carboxylic acids is 2. The Morgan fingerprint density at radius 1 is 1.19 bits per heavy atom. The molecule has 1 aliphatic rings. The van der Waals surface area contributed by atoms with Crippen molar-refractivity contribution in [3.63, 3.8) is 0 Å². The van der Waals surface area contributed by atoms with Gasteiger partial charge in [-0.15, -0.1) is 0 Å². The Hall–Kier alpha value is -2.15. The summed E-state index contributed by atoms with van der Waals surface area (Å²) in [7, 11) is 0. The van der Waals surface area contributed by atoms with E-state index in [-0.39, 0.29) is 11.9 Å². The van der Waals surface area contributed by atoms with E-state index in [0.717, 1.165) is 25.1 Å². The van der Waals surface area contributed by atoms with Gasteiger partial charge in [-0.25, -0.2) is 9.78 Å². The zero-order chi connectivity index (χ0) is 22.4. The van der Waals surface area contributed by atoms with E-state index in [1.54, 1.807) is 31.2 Å². The number of benzene rings is 1. The number of rotatable bonds is 7. The molecule has 31 heavy (non-hydrogen) atoms. The fourth-order valence-electron chi connectivity index (χ4n) is 3.61. The molecule has 2 heterocycles. The highest BCUT2D eigenvalue weighted by atomic mass is 35.5. The number of esters is 1. The lowest BCUT2D eigenvalue weighted by molar-refractivity contribution is 0.0518. The molecule has 1 aromatic heterocycles. The Morgan fingerprint density at radius 3 is 2.61 bits per heavy atom. The van der Waals surface area contributed by atoms with E-state index in [0.29, 0.717) is 46.9 Å². The van der Waals surface area contributed by atoms with Crippen LogP contribution < -0.4 is 5.32 Å². The second kappa shape index (κ2) is 10.9. The number of pyridine rings is 1. The normalized spacial score (nSPS) is 15.5. The second-order valence-corrected chi connectivity index (χ2v) is 8.48. The lowest BCUT2D eigenvalue weighted by Crippen LogP contribution is -2.41. The first-order valence-corrected chi connectivity index (χ1v) is 11.3. The van der Waals surface area contributed by atoms with Crippen LogP contribution in [-0.4, -0.2) is 48.0 Å². The molecular weight excluding hydrogens is 437 g/mol. The monoisotopic (exact) mass is 463 g/mol. The van der Waals surface area contributed by atoms with Crippen molar-refractivity contribution < 1.29 is 14.3 Å². The first-order valence-electron chi connectivity index (χ1n) is 10.5. The molecule has 1 aliphatic heterocycles. The number of hydrogen-bond donors (Lipinski definition) is 1. The largest absolute Gasteiger partial charge is 0.461 e. The predicted molar refractivity (Wildman–Crippen MR) is 122 cm³/mol. The van der Waals surface area contributed by atoms with Crippen LogP contribution in [0.2, 0.25) is 10.0 Å². The first kappa shape index (κ1) is 23.5. The van der Waals surface area contributed by atoms with Crippen LogP contribution >= 0.6 is 23.2 Å². The maximum absolute atomic E-state index is 12.7. The molecule has 0 aliphatic carbocycles. The molecule has 1 atom stereocenters. The molecule has 166 valence electrons. The van der Waals surface area contributed by atoms with Crippen LogP contribution in [0.5, 0.6) is 0 Å². The number of ether oxygens (including phenoxy) is 1. The molecule has 0 bridgehead atoms. The third-order valence-corrected chi connectivity index (χ3v) is 6.22. The minimum absolute atomic E-state index is 0.00486. The van der Waals surface area contributed by atoms with Crippen LogP contribution in [0, 0.1) is 5.92 Å². The molecule has 6 nitrogen and oxygen atoms in total. The third kappa shape index (κ3) is 6.19. The summed E-state index contributed by atoms with van der Waals surface area (Å²) in [5.74, 6) is 0.0439. The lowest BCUT2D eigenvalue weighted by atomic mass is 9.95. The van der Waals surface area contributed by atoms with Crippen molar-refractivity contribution in [1.82, 2.24) is 15.2 Å². The van der Waals surface area contributed by atoms with E-state index in [1.165, 1.54) is 0 Å². The van der Waals surface area contributed by atoms with Gasteiger partial charge in [0, 0.05) is 24.7 Å². The second-order valence-electron chi connectivity index (χ2n) is 7.66. The van der Waals surface area contributed by atoms with Gasteiger partial charge in [-0.2, -0.15) is 0 Å². The van der Waals surface area contributed by atoms with E-state index in [1.807, 2.05) is 24.0 Å². The van der Waals surface area contributed by atoms with E-state index in [9.17, 15) is 9.59 Å². The zero-order valence-corrected chi connectivity index (χ0v) is 19.2. The standard InChI is InChI=1S/C23H27Cl2N3O3/c1-3-31-23(30)21-6-4-5-20(27-21)15(2)26-14-16-9-11-28(12-10-16)22(29)17-7-8-18(24)19(25)13-17/h4-8,13,15-16,26H,3,9-12,14H2,1-2H3. The number of aromatic nitrogens is 1. The number of halogens is 2. The van der Waals surface area contributed by atoms with Crippen LogP contribution in [0.1, 0.15) is 59.3 Å². The Balaban J connectivity index is 1.49. The van der Waals surface area contributed by atoms with Crippen LogP contribution in [0.4, 0.5) is 0 Å². The van der Waals surface area contributed by atoms with Crippen LogP contribution in [0.3, 0.4) is 0 Å². The van der Waals surface area contributed by atoms with Crippen LogP contribution in [-0.2, 0) is 4.74 Å². The van der Waals surface area contributed by atoms with Gasteiger partial charge in [-0.1, -0.05) is 29.3 Å². The highest BCUT2D eigenvalue weighted by Crippen LogP contribution is 2.25. The van der Waals surface area contributed by atoms with Crippen LogP contribution in [0.15, 0.2) is 36.4 Å². The molecular formula is C23H27Cl2N3O3. The summed E-state index contributed by atoms with van der Waals surface area (Å²) in [5, 5.41) is 4.34. The summed E-state index contributed by atoms with van der Waals surface area (Å²) in [5.41, 5.74) is 1.69. The van der Waals surface area contributed by atoms with Crippen molar-refractivity contribution in [2.45, 2.75) is 32.7 Å². The van der Waals surface area contributed by atoms with Crippen molar-refractivity contribution in [1.29, 1.82) is 0 Å².